The van der Waals surface area contributed by atoms with Gasteiger partial charge in [0.1, 0.15) is 0 Å². The maximum absolute atomic E-state index is 13.5. The average Bonchev–Trinajstić information content (AvgIpc) is 2.68. The fourth-order valence-corrected chi connectivity index (χ4v) is 3.19. The van der Waals surface area contributed by atoms with E-state index in [9.17, 15) is 13.6 Å². The van der Waals surface area contributed by atoms with E-state index < -0.39 is 17.6 Å². The van der Waals surface area contributed by atoms with Gasteiger partial charge in [0.05, 0.1) is 23.4 Å². The summed E-state index contributed by atoms with van der Waals surface area (Å²) in [6, 6.07) is 11.1. The molecule has 1 aromatic heterocycles. The molecule has 2 aromatic carbocycles. The zero-order valence-electron chi connectivity index (χ0n) is 16.1. The lowest BCUT2D eigenvalue weighted by molar-refractivity contribution is 0.0523. The Hall–Kier alpha value is -2.86. The molecule has 3 aromatic rings. The summed E-state index contributed by atoms with van der Waals surface area (Å²) in [4.78, 5) is 17.2. The molecule has 0 amide bonds. The van der Waals surface area contributed by atoms with Crippen molar-refractivity contribution < 1.29 is 18.3 Å². The second kappa shape index (κ2) is 8.44. The van der Waals surface area contributed by atoms with Crippen LogP contribution in [0.1, 0.15) is 47.1 Å². The van der Waals surface area contributed by atoms with Crippen LogP contribution in [0.5, 0.6) is 0 Å². The molecular formula is C22H22F2N2O2. The van der Waals surface area contributed by atoms with E-state index in [1.807, 2.05) is 38.1 Å². The lowest BCUT2D eigenvalue weighted by Crippen LogP contribution is -2.22. The maximum Gasteiger partial charge on any atom is 0.340 e. The van der Waals surface area contributed by atoms with Crippen molar-refractivity contribution in [2.45, 2.75) is 33.4 Å². The molecule has 0 unspecified atom stereocenters. The first kappa shape index (κ1) is 19.9. The summed E-state index contributed by atoms with van der Waals surface area (Å²) < 4.78 is 31.9. The molecule has 0 bridgehead atoms. The van der Waals surface area contributed by atoms with Crippen LogP contribution in [-0.2, 0) is 11.3 Å². The van der Waals surface area contributed by atoms with Gasteiger partial charge in [0.15, 0.2) is 11.6 Å². The Morgan fingerprint density at radius 3 is 2.64 bits per heavy atom. The molecule has 0 radical (unpaired) electrons. The molecule has 3 rings (SSSR count). The summed E-state index contributed by atoms with van der Waals surface area (Å²) in [5, 5.41) is 4.12. The number of benzene rings is 2. The standard InChI is InChI=1S/C22H22F2N2O2/c1-4-28-22(27)21-13(2)16-7-5-6-8-19(16)26-20(21)12-25-14(3)15-9-10-17(23)18(24)11-15/h5-11,14,25H,4,12H2,1-3H3/t14-/m1/s1. The SMILES string of the molecule is CCOC(=O)c1c(CN[C@H](C)c2ccc(F)c(F)c2)nc2ccccc2c1C. The monoisotopic (exact) mass is 384 g/mol. The summed E-state index contributed by atoms with van der Waals surface area (Å²) in [6.45, 7) is 6.01. The highest BCUT2D eigenvalue weighted by atomic mass is 19.2. The molecule has 0 aliphatic rings. The second-order valence-electron chi connectivity index (χ2n) is 6.57. The number of nitrogens with zero attached hydrogens (tertiary/aromatic N) is 1. The van der Waals surface area contributed by atoms with E-state index in [0.717, 1.165) is 22.5 Å². The molecule has 6 heteroatoms. The van der Waals surface area contributed by atoms with Gasteiger partial charge in [0.2, 0.25) is 0 Å². The van der Waals surface area contributed by atoms with Gasteiger partial charge in [0.25, 0.3) is 0 Å². The van der Waals surface area contributed by atoms with Crippen LogP contribution in [0.3, 0.4) is 0 Å². The van der Waals surface area contributed by atoms with Crippen LogP contribution in [-0.4, -0.2) is 17.6 Å². The summed E-state index contributed by atoms with van der Waals surface area (Å²) in [5.41, 5.74) is 3.19. The first-order valence-electron chi connectivity index (χ1n) is 9.16. The van der Waals surface area contributed by atoms with Gasteiger partial charge in [-0.1, -0.05) is 24.3 Å². The summed E-state index contributed by atoms with van der Waals surface area (Å²) in [6.07, 6.45) is 0. The number of rotatable bonds is 6. The van der Waals surface area contributed by atoms with Gasteiger partial charge in [-0.05, 0) is 50.1 Å². The van der Waals surface area contributed by atoms with Gasteiger partial charge in [-0.3, -0.25) is 4.98 Å². The lowest BCUT2D eigenvalue weighted by atomic mass is 10.0. The zero-order valence-corrected chi connectivity index (χ0v) is 16.1. The minimum Gasteiger partial charge on any atom is -0.462 e. The first-order chi connectivity index (χ1) is 13.4. The molecule has 1 N–H and O–H groups in total. The van der Waals surface area contributed by atoms with E-state index >= 15 is 0 Å². The lowest BCUT2D eigenvalue weighted by Gasteiger charge is -2.18. The minimum absolute atomic E-state index is 0.265. The van der Waals surface area contributed by atoms with Crippen LogP contribution in [0.4, 0.5) is 8.78 Å². The molecule has 0 aliphatic heterocycles. The Morgan fingerprint density at radius 2 is 1.93 bits per heavy atom. The number of aryl methyl sites for hydroxylation is 1. The summed E-state index contributed by atoms with van der Waals surface area (Å²) >= 11 is 0. The van der Waals surface area contributed by atoms with E-state index in [-0.39, 0.29) is 19.2 Å². The topological polar surface area (TPSA) is 51.2 Å². The smallest absolute Gasteiger partial charge is 0.340 e. The quantitative estimate of drug-likeness (QED) is 0.618. The Bertz CT molecular complexity index is 1020. The highest BCUT2D eigenvalue weighted by Gasteiger charge is 2.20. The number of nitrogens with one attached hydrogen (secondary N) is 1. The molecule has 1 atom stereocenters. The van der Waals surface area contributed by atoms with Crippen LogP contribution in [0.15, 0.2) is 42.5 Å². The number of carbonyl (C=O) groups excluding carboxylic acids is 1. The van der Waals surface area contributed by atoms with E-state index in [0.29, 0.717) is 16.8 Å². The van der Waals surface area contributed by atoms with Crippen molar-refractivity contribution in [3.05, 3.63) is 76.5 Å². The van der Waals surface area contributed by atoms with Gasteiger partial charge in [-0.15, -0.1) is 0 Å². The predicted molar refractivity (Wildman–Crippen MR) is 104 cm³/mol. The molecule has 0 fully saturated rings. The number of hydrogen-bond acceptors (Lipinski definition) is 4. The predicted octanol–water partition coefficient (Wildman–Crippen LogP) is 4.85. The Labute approximate surface area is 162 Å². The second-order valence-corrected chi connectivity index (χ2v) is 6.57. The fourth-order valence-electron chi connectivity index (χ4n) is 3.19. The zero-order chi connectivity index (χ0) is 20.3. The molecule has 0 saturated carbocycles. The molecule has 146 valence electrons. The van der Waals surface area contributed by atoms with Crippen molar-refractivity contribution in [3.63, 3.8) is 0 Å². The number of aromatic nitrogens is 1. The average molecular weight is 384 g/mol. The third kappa shape index (κ3) is 4.02. The van der Waals surface area contributed by atoms with Crippen molar-refractivity contribution >= 4 is 16.9 Å². The number of hydrogen-bond donors (Lipinski definition) is 1. The van der Waals surface area contributed by atoms with Gasteiger partial charge in [0, 0.05) is 18.0 Å². The van der Waals surface area contributed by atoms with Crippen molar-refractivity contribution in [2.24, 2.45) is 0 Å². The number of carbonyl (C=O) groups is 1. The number of pyridine rings is 1. The number of para-hydroxylation sites is 1. The molecule has 1 heterocycles. The van der Waals surface area contributed by atoms with Crippen molar-refractivity contribution in [1.82, 2.24) is 10.3 Å². The third-order valence-electron chi connectivity index (χ3n) is 4.73. The molecule has 0 saturated heterocycles. The largest absolute Gasteiger partial charge is 0.462 e. The molecule has 0 aliphatic carbocycles. The van der Waals surface area contributed by atoms with Crippen LogP contribution < -0.4 is 5.32 Å². The maximum atomic E-state index is 13.5. The van der Waals surface area contributed by atoms with Crippen molar-refractivity contribution in [2.75, 3.05) is 6.61 Å². The number of esters is 1. The van der Waals surface area contributed by atoms with E-state index in [1.165, 1.54) is 12.1 Å². The van der Waals surface area contributed by atoms with E-state index in [2.05, 4.69) is 10.3 Å². The summed E-state index contributed by atoms with van der Waals surface area (Å²) in [7, 11) is 0. The van der Waals surface area contributed by atoms with Crippen LogP contribution in [0.2, 0.25) is 0 Å². The molecular weight excluding hydrogens is 362 g/mol. The van der Waals surface area contributed by atoms with Gasteiger partial charge < -0.3 is 10.1 Å². The number of halogens is 2. The fraction of sp³-hybridized carbons (Fsp3) is 0.273. The first-order valence-corrected chi connectivity index (χ1v) is 9.16. The molecule has 28 heavy (non-hydrogen) atoms. The number of ether oxygens (including phenoxy) is 1. The van der Waals surface area contributed by atoms with Crippen LogP contribution in [0, 0.1) is 18.6 Å². The Morgan fingerprint density at radius 1 is 1.18 bits per heavy atom. The van der Waals surface area contributed by atoms with Gasteiger partial charge >= 0.3 is 5.97 Å². The Kier molecular flexibility index (Phi) is 5.99. The van der Waals surface area contributed by atoms with Crippen molar-refractivity contribution in [3.8, 4) is 0 Å². The third-order valence-corrected chi connectivity index (χ3v) is 4.73. The summed E-state index contributed by atoms with van der Waals surface area (Å²) in [5.74, 6) is -2.19. The highest BCUT2D eigenvalue weighted by Crippen LogP contribution is 2.24. The molecule has 0 spiro atoms. The number of fused-ring (bicyclic) bond motifs is 1. The van der Waals surface area contributed by atoms with Gasteiger partial charge in [-0.2, -0.15) is 0 Å². The van der Waals surface area contributed by atoms with Crippen molar-refractivity contribution in [1.29, 1.82) is 0 Å². The highest BCUT2D eigenvalue weighted by molar-refractivity contribution is 5.98. The van der Waals surface area contributed by atoms with Gasteiger partial charge in [-0.25, -0.2) is 13.6 Å². The molecule has 4 nitrogen and oxygen atoms in total. The van der Waals surface area contributed by atoms with Crippen LogP contribution >= 0.6 is 0 Å². The van der Waals surface area contributed by atoms with E-state index in [4.69, 9.17) is 4.74 Å². The van der Waals surface area contributed by atoms with E-state index in [1.54, 1.807) is 6.92 Å². The normalized spacial score (nSPS) is 12.2. The van der Waals surface area contributed by atoms with Crippen LogP contribution in [0.25, 0.3) is 10.9 Å². The Balaban J connectivity index is 1.93. The minimum atomic E-state index is -0.891.